The minimum atomic E-state index is -0.385. The highest BCUT2D eigenvalue weighted by atomic mass is 35.5. The molecule has 2 rings (SSSR count). The average Bonchev–Trinajstić information content (AvgIpc) is 2.60. The Morgan fingerprint density at radius 2 is 1.75 bits per heavy atom. The van der Waals surface area contributed by atoms with Crippen LogP contribution in [0.5, 0.6) is 11.5 Å². The van der Waals surface area contributed by atoms with Crippen LogP contribution in [0.15, 0.2) is 42.5 Å². The van der Waals surface area contributed by atoms with Gasteiger partial charge in [-0.15, -0.1) is 0 Å². The van der Waals surface area contributed by atoms with Crippen molar-refractivity contribution in [2.24, 2.45) is 0 Å². The number of rotatable bonds is 6. The first kappa shape index (κ1) is 17.6. The summed E-state index contributed by atoms with van der Waals surface area (Å²) >= 11 is 5.77. The molecular weight excluding hydrogens is 332 g/mol. The summed E-state index contributed by atoms with van der Waals surface area (Å²) in [4.78, 5) is 24.0. The van der Waals surface area contributed by atoms with Crippen molar-refractivity contribution in [3.8, 4) is 11.5 Å². The molecule has 0 unspecified atom stereocenters. The number of anilines is 1. The third kappa shape index (κ3) is 4.63. The van der Waals surface area contributed by atoms with Gasteiger partial charge in [0.1, 0.15) is 11.5 Å². The maximum atomic E-state index is 12.0. The van der Waals surface area contributed by atoms with E-state index in [9.17, 15) is 9.59 Å². The van der Waals surface area contributed by atoms with Gasteiger partial charge in [-0.2, -0.15) is 0 Å². The van der Waals surface area contributed by atoms with Gasteiger partial charge in [-0.1, -0.05) is 11.6 Å². The van der Waals surface area contributed by atoms with E-state index in [1.165, 1.54) is 14.2 Å². The second-order valence-corrected chi connectivity index (χ2v) is 5.24. The Morgan fingerprint density at radius 3 is 2.38 bits per heavy atom. The highest BCUT2D eigenvalue weighted by molar-refractivity contribution is 6.30. The van der Waals surface area contributed by atoms with Crippen molar-refractivity contribution >= 4 is 29.1 Å². The topological polar surface area (TPSA) is 76.7 Å². The van der Waals surface area contributed by atoms with E-state index in [0.717, 1.165) is 0 Å². The summed E-state index contributed by atoms with van der Waals surface area (Å²) in [6.45, 7) is -0.179. The predicted molar refractivity (Wildman–Crippen MR) is 92.0 cm³/mol. The highest BCUT2D eigenvalue weighted by Crippen LogP contribution is 2.28. The Hall–Kier alpha value is -2.73. The Bertz CT molecular complexity index is 732. The SMILES string of the molecule is COc1ccc(OC)c(NC(=O)CNC(=O)c2ccc(Cl)cc2)c1. The van der Waals surface area contributed by atoms with E-state index in [-0.39, 0.29) is 18.4 Å². The lowest BCUT2D eigenvalue weighted by atomic mass is 10.2. The number of carbonyl (C=O) groups is 2. The molecule has 0 radical (unpaired) electrons. The van der Waals surface area contributed by atoms with E-state index in [1.807, 2.05) is 0 Å². The standard InChI is InChI=1S/C17H17ClN2O4/c1-23-13-7-8-15(24-2)14(9-13)20-16(21)10-19-17(22)11-3-5-12(18)6-4-11/h3-9H,10H2,1-2H3,(H,19,22)(H,20,21). The lowest BCUT2D eigenvalue weighted by Crippen LogP contribution is -2.32. The number of hydrogen-bond donors (Lipinski definition) is 2. The zero-order valence-electron chi connectivity index (χ0n) is 13.3. The number of amides is 2. The molecule has 2 aromatic rings. The Kier molecular flexibility index (Phi) is 6.03. The normalized spacial score (nSPS) is 9.96. The first-order valence-corrected chi connectivity index (χ1v) is 7.47. The minimum Gasteiger partial charge on any atom is -0.497 e. The Morgan fingerprint density at radius 1 is 1.04 bits per heavy atom. The monoisotopic (exact) mass is 348 g/mol. The van der Waals surface area contributed by atoms with E-state index >= 15 is 0 Å². The van der Waals surface area contributed by atoms with E-state index in [2.05, 4.69) is 10.6 Å². The van der Waals surface area contributed by atoms with Gasteiger partial charge < -0.3 is 20.1 Å². The summed E-state index contributed by atoms with van der Waals surface area (Å²) in [7, 11) is 3.03. The quantitative estimate of drug-likeness (QED) is 0.841. The summed E-state index contributed by atoms with van der Waals surface area (Å²) in [6.07, 6.45) is 0. The van der Waals surface area contributed by atoms with Gasteiger partial charge in [0.15, 0.2) is 0 Å². The van der Waals surface area contributed by atoms with E-state index < -0.39 is 0 Å². The fraction of sp³-hybridized carbons (Fsp3) is 0.176. The number of methoxy groups -OCH3 is 2. The van der Waals surface area contributed by atoms with Crippen molar-refractivity contribution < 1.29 is 19.1 Å². The molecule has 0 bridgehead atoms. The van der Waals surface area contributed by atoms with Crippen LogP contribution < -0.4 is 20.1 Å². The molecule has 2 N–H and O–H groups in total. The van der Waals surface area contributed by atoms with Crippen molar-refractivity contribution in [1.82, 2.24) is 5.32 Å². The molecule has 0 aliphatic carbocycles. The number of ether oxygens (including phenoxy) is 2. The third-order valence-corrected chi connectivity index (χ3v) is 3.45. The molecule has 2 amide bonds. The Labute approximate surface area is 144 Å². The molecule has 0 aliphatic heterocycles. The molecule has 0 atom stereocenters. The number of halogens is 1. The molecule has 0 saturated heterocycles. The van der Waals surface area contributed by atoms with Crippen molar-refractivity contribution in [2.75, 3.05) is 26.1 Å². The molecule has 0 heterocycles. The van der Waals surface area contributed by atoms with Crippen LogP contribution in [0, 0.1) is 0 Å². The summed E-state index contributed by atoms with van der Waals surface area (Å²) in [5.41, 5.74) is 0.883. The van der Waals surface area contributed by atoms with Crippen LogP contribution in [0.25, 0.3) is 0 Å². The molecule has 0 fully saturated rings. The molecule has 2 aromatic carbocycles. The molecule has 0 aromatic heterocycles. The minimum absolute atomic E-state index is 0.179. The molecule has 126 valence electrons. The maximum absolute atomic E-state index is 12.0. The third-order valence-electron chi connectivity index (χ3n) is 3.20. The first-order chi connectivity index (χ1) is 11.5. The van der Waals surface area contributed by atoms with E-state index in [4.69, 9.17) is 21.1 Å². The van der Waals surface area contributed by atoms with Gasteiger partial charge in [0.25, 0.3) is 5.91 Å². The number of benzene rings is 2. The highest BCUT2D eigenvalue weighted by Gasteiger charge is 2.11. The fourth-order valence-corrected chi connectivity index (χ4v) is 2.10. The number of hydrogen-bond acceptors (Lipinski definition) is 4. The van der Waals surface area contributed by atoms with Crippen molar-refractivity contribution in [2.45, 2.75) is 0 Å². The van der Waals surface area contributed by atoms with Crippen LogP contribution in [0.2, 0.25) is 5.02 Å². The van der Waals surface area contributed by atoms with Crippen LogP contribution in [0.1, 0.15) is 10.4 Å². The van der Waals surface area contributed by atoms with Gasteiger partial charge in [0, 0.05) is 16.7 Å². The van der Waals surface area contributed by atoms with Crippen LogP contribution in [-0.2, 0) is 4.79 Å². The summed E-state index contributed by atoms with van der Waals surface area (Å²) in [6, 6.07) is 11.4. The zero-order valence-corrected chi connectivity index (χ0v) is 14.0. The van der Waals surface area contributed by atoms with Gasteiger partial charge in [-0.05, 0) is 36.4 Å². The first-order valence-electron chi connectivity index (χ1n) is 7.09. The summed E-state index contributed by atoms with van der Waals surface area (Å²) < 4.78 is 10.3. The number of nitrogens with one attached hydrogen (secondary N) is 2. The second-order valence-electron chi connectivity index (χ2n) is 4.80. The lowest BCUT2D eigenvalue weighted by Gasteiger charge is -2.12. The van der Waals surface area contributed by atoms with Crippen molar-refractivity contribution in [1.29, 1.82) is 0 Å². The molecule has 0 saturated carbocycles. The Balaban J connectivity index is 1.96. The average molecular weight is 349 g/mol. The molecule has 0 aliphatic rings. The van der Waals surface area contributed by atoms with Crippen LogP contribution in [-0.4, -0.2) is 32.6 Å². The second kappa shape index (κ2) is 8.21. The van der Waals surface area contributed by atoms with Crippen molar-refractivity contribution in [3.63, 3.8) is 0 Å². The van der Waals surface area contributed by atoms with Gasteiger partial charge >= 0.3 is 0 Å². The van der Waals surface area contributed by atoms with Crippen LogP contribution >= 0.6 is 11.6 Å². The van der Waals surface area contributed by atoms with E-state index in [1.54, 1.807) is 42.5 Å². The van der Waals surface area contributed by atoms with Crippen LogP contribution in [0.4, 0.5) is 5.69 Å². The van der Waals surface area contributed by atoms with Crippen molar-refractivity contribution in [3.05, 3.63) is 53.1 Å². The van der Waals surface area contributed by atoms with Gasteiger partial charge in [0.05, 0.1) is 26.5 Å². The zero-order chi connectivity index (χ0) is 17.5. The number of carbonyl (C=O) groups excluding carboxylic acids is 2. The predicted octanol–water partition coefficient (Wildman–Crippen LogP) is 2.73. The molecule has 24 heavy (non-hydrogen) atoms. The van der Waals surface area contributed by atoms with Gasteiger partial charge in [-0.3, -0.25) is 9.59 Å². The smallest absolute Gasteiger partial charge is 0.251 e. The van der Waals surface area contributed by atoms with E-state index in [0.29, 0.717) is 27.8 Å². The maximum Gasteiger partial charge on any atom is 0.251 e. The molecule has 7 heteroatoms. The summed E-state index contributed by atoms with van der Waals surface area (Å²) in [5.74, 6) is 0.327. The fourth-order valence-electron chi connectivity index (χ4n) is 1.97. The summed E-state index contributed by atoms with van der Waals surface area (Å²) in [5, 5.41) is 5.75. The van der Waals surface area contributed by atoms with Gasteiger partial charge in [0.2, 0.25) is 5.91 Å². The molecule has 0 spiro atoms. The lowest BCUT2D eigenvalue weighted by molar-refractivity contribution is -0.115. The molecule has 6 nitrogen and oxygen atoms in total. The van der Waals surface area contributed by atoms with Gasteiger partial charge in [-0.25, -0.2) is 0 Å². The molecular formula is C17H17ClN2O4. The largest absolute Gasteiger partial charge is 0.497 e. The van der Waals surface area contributed by atoms with Crippen LogP contribution in [0.3, 0.4) is 0 Å².